The second-order valence-corrected chi connectivity index (χ2v) is 6.59. The van der Waals surface area contributed by atoms with Gasteiger partial charge in [0.05, 0.1) is 18.3 Å². The van der Waals surface area contributed by atoms with Gasteiger partial charge in [0.2, 0.25) is 5.95 Å². The van der Waals surface area contributed by atoms with Crippen LogP contribution < -0.4 is 15.4 Å². The summed E-state index contributed by atoms with van der Waals surface area (Å²) in [5.41, 5.74) is 3.23. The number of aromatic hydroxyl groups is 1. The standard InChI is InChI=1S/C23H20N4O3/c1-24-23-26-18-13-20(30-2)19(28)12-17(18)21(27-23)15-9-6-10-16(11-15)25-22(29)14-7-4-3-5-8-14/h3-13,28H,1-2H3,(H,25,29)(H,24,26,27). The third kappa shape index (κ3) is 3.73. The zero-order valence-electron chi connectivity index (χ0n) is 16.5. The molecule has 4 aromatic rings. The molecule has 0 aliphatic heterocycles. The summed E-state index contributed by atoms with van der Waals surface area (Å²) in [7, 11) is 3.22. The van der Waals surface area contributed by atoms with Crippen LogP contribution in [0.5, 0.6) is 11.5 Å². The number of carbonyl (C=O) groups excluding carboxylic acids is 1. The van der Waals surface area contributed by atoms with E-state index in [9.17, 15) is 9.90 Å². The highest BCUT2D eigenvalue weighted by Crippen LogP contribution is 2.36. The van der Waals surface area contributed by atoms with Gasteiger partial charge in [0.25, 0.3) is 5.91 Å². The molecular weight excluding hydrogens is 380 g/mol. The van der Waals surface area contributed by atoms with Crippen molar-refractivity contribution < 1.29 is 14.6 Å². The average molecular weight is 400 g/mol. The number of hydrogen-bond donors (Lipinski definition) is 3. The minimum Gasteiger partial charge on any atom is -0.504 e. The molecule has 0 radical (unpaired) electrons. The third-order valence-electron chi connectivity index (χ3n) is 4.65. The summed E-state index contributed by atoms with van der Waals surface area (Å²) in [6.07, 6.45) is 0. The molecule has 3 aromatic carbocycles. The van der Waals surface area contributed by atoms with Gasteiger partial charge in [0, 0.05) is 35.3 Å². The number of methoxy groups -OCH3 is 1. The van der Waals surface area contributed by atoms with E-state index in [0.29, 0.717) is 39.5 Å². The maximum Gasteiger partial charge on any atom is 0.255 e. The quantitative estimate of drug-likeness (QED) is 0.462. The molecule has 0 fully saturated rings. The first-order valence-corrected chi connectivity index (χ1v) is 9.32. The molecule has 0 aliphatic rings. The Balaban J connectivity index is 1.77. The molecule has 4 rings (SSSR count). The number of phenolic OH excluding ortho intramolecular Hbond substituents is 1. The predicted octanol–water partition coefficient (Wildman–Crippen LogP) is 4.31. The van der Waals surface area contributed by atoms with E-state index in [2.05, 4.69) is 20.6 Å². The Hall–Kier alpha value is -4.13. The summed E-state index contributed by atoms with van der Waals surface area (Å²) in [4.78, 5) is 21.5. The Morgan fingerprint density at radius 3 is 2.53 bits per heavy atom. The van der Waals surface area contributed by atoms with Gasteiger partial charge in [-0.3, -0.25) is 4.79 Å². The van der Waals surface area contributed by atoms with Crippen molar-refractivity contribution >= 4 is 28.4 Å². The van der Waals surface area contributed by atoms with E-state index in [1.54, 1.807) is 31.3 Å². The number of ether oxygens (including phenoxy) is 1. The maximum atomic E-state index is 12.5. The van der Waals surface area contributed by atoms with E-state index in [1.807, 2.05) is 42.5 Å². The van der Waals surface area contributed by atoms with Crippen molar-refractivity contribution in [3.05, 3.63) is 72.3 Å². The Morgan fingerprint density at radius 1 is 1.00 bits per heavy atom. The van der Waals surface area contributed by atoms with Crippen LogP contribution in [0.2, 0.25) is 0 Å². The Bertz CT molecular complexity index is 1230. The fourth-order valence-electron chi connectivity index (χ4n) is 3.18. The van der Waals surface area contributed by atoms with Crippen molar-refractivity contribution in [1.82, 2.24) is 9.97 Å². The van der Waals surface area contributed by atoms with E-state index < -0.39 is 0 Å². The smallest absolute Gasteiger partial charge is 0.255 e. The first-order chi connectivity index (χ1) is 14.6. The van der Waals surface area contributed by atoms with Crippen LogP contribution in [-0.4, -0.2) is 35.1 Å². The molecule has 0 saturated carbocycles. The molecule has 0 spiro atoms. The molecule has 7 heteroatoms. The van der Waals surface area contributed by atoms with Gasteiger partial charge in [-0.1, -0.05) is 30.3 Å². The number of carbonyl (C=O) groups is 1. The molecule has 0 unspecified atom stereocenters. The van der Waals surface area contributed by atoms with Crippen LogP contribution >= 0.6 is 0 Å². The molecule has 1 heterocycles. The first kappa shape index (κ1) is 19.2. The number of anilines is 2. The van der Waals surface area contributed by atoms with E-state index in [-0.39, 0.29) is 11.7 Å². The summed E-state index contributed by atoms with van der Waals surface area (Å²) in [6, 6.07) is 19.6. The van der Waals surface area contributed by atoms with E-state index in [4.69, 9.17) is 4.74 Å². The molecule has 1 amide bonds. The van der Waals surface area contributed by atoms with Crippen LogP contribution in [0, 0.1) is 0 Å². The highest BCUT2D eigenvalue weighted by atomic mass is 16.5. The molecule has 0 bridgehead atoms. The Labute approximate surface area is 173 Å². The molecule has 0 atom stereocenters. The van der Waals surface area contributed by atoms with Gasteiger partial charge >= 0.3 is 0 Å². The number of fused-ring (bicyclic) bond motifs is 1. The number of amides is 1. The molecule has 30 heavy (non-hydrogen) atoms. The summed E-state index contributed by atoms with van der Waals surface area (Å²) in [5, 5.41) is 16.8. The van der Waals surface area contributed by atoms with Gasteiger partial charge in [0.15, 0.2) is 11.5 Å². The zero-order valence-corrected chi connectivity index (χ0v) is 16.5. The number of benzene rings is 3. The van der Waals surface area contributed by atoms with Gasteiger partial charge in [-0.2, -0.15) is 0 Å². The number of nitrogens with one attached hydrogen (secondary N) is 2. The lowest BCUT2D eigenvalue weighted by atomic mass is 10.0. The average Bonchev–Trinajstić information content (AvgIpc) is 2.78. The van der Waals surface area contributed by atoms with Crippen molar-refractivity contribution in [2.75, 3.05) is 24.8 Å². The van der Waals surface area contributed by atoms with Crippen LogP contribution in [0.1, 0.15) is 10.4 Å². The van der Waals surface area contributed by atoms with Gasteiger partial charge in [-0.05, 0) is 30.3 Å². The summed E-state index contributed by atoms with van der Waals surface area (Å²) >= 11 is 0. The fourth-order valence-corrected chi connectivity index (χ4v) is 3.18. The number of nitrogens with zero attached hydrogens (tertiary/aromatic N) is 2. The second kappa shape index (κ2) is 8.08. The predicted molar refractivity (Wildman–Crippen MR) is 117 cm³/mol. The van der Waals surface area contributed by atoms with Crippen molar-refractivity contribution in [1.29, 1.82) is 0 Å². The van der Waals surface area contributed by atoms with E-state index in [0.717, 1.165) is 5.56 Å². The summed E-state index contributed by atoms with van der Waals surface area (Å²) in [6.45, 7) is 0. The van der Waals surface area contributed by atoms with E-state index in [1.165, 1.54) is 7.11 Å². The summed E-state index contributed by atoms with van der Waals surface area (Å²) < 4.78 is 5.20. The normalized spacial score (nSPS) is 10.6. The first-order valence-electron chi connectivity index (χ1n) is 9.32. The van der Waals surface area contributed by atoms with Gasteiger partial charge in [0.1, 0.15) is 0 Å². The van der Waals surface area contributed by atoms with Gasteiger partial charge < -0.3 is 20.5 Å². The lowest BCUT2D eigenvalue weighted by molar-refractivity contribution is 0.102. The number of aromatic nitrogens is 2. The molecule has 7 nitrogen and oxygen atoms in total. The van der Waals surface area contributed by atoms with Gasteiger partial charge in [-0.25, -0.2) is 9.97 Å². The second-order valence-electron chi connectivity index (χ2n) is 6.59. The lowest BCUT2D eigenvalue weighted by Gasteiger charge is -2.12. The number of phenols is 1. The third-order valence-corrected chi connectivity index (χ3v) is 4.65. The topological polar surface area (TPSA) is 96.4 Å². The largest absolute Gasteiger partial charge is 0.504 e. The van der Waals surface area contributed by atoms with Crippen molar-refractivity contribution in [3.63, 3.8) is 0 Å². The maximum absolute atomic E-state index is 12.5. The van der Waals surface area contributed by atoms with Crippen molar-refractivity contribution in [3.8, 4) is 22.8 Å². The van der Waals surface area contributed by atoms with Crippen LogP contribution in [0.25, 0.3) is 22.2 Å². The van der Waals surface area contributed by atoms with Crippen LogP contribution in [0.15, 0.2) is 66.7 Å². The zero-order chi connectivity index (χ0) is 21.1. The molecule has 3 N–H and O–H groups in total. The van der Waals surface area contributed by atoms with Crippen molar-refractivity contribution in [2.24, 2.45) is 0 Å². The molecule has 150 valence electrons. The Morgan fingerprint density at radius 2 is 1.80 bits per heavy atom. The lowest BCUT2D eigenvalue weighted by Crippen LogP contribution is -2.11. The summed E-state index contributed by atoms with van der Waals surface area (Å²) in [5.74, 6) is 0.571. The molecule has 0 saturated heterocycles. The van der Waals surface area contributed by atoms with Crippen LogP contribution in [0.4, 0.5) is 11.6 Å². The van der Waals surface area contributed by atoms with Crippen LogP contribution in [-0.2, 0) is 0 Å². The van der Waals surface area contributed by atoms with Gasteiger partial charge in [-0.15, -0.1) is 0 Å². The number of hydrogen-bond acceptors (Lipinski definition) is 6. The fraction of sp³-hybridized carbons (Fsp3) is 0.0870. The minimum atomic E-state index is -0.196. The monoisotopic (exact) mass is 400 g/mol. The van der Waals surface area contributed by atoms with Crippen molar-refractivity contribution in [2.45, 2.75) is 0 Å². The highest BCUT2D eigenvalue weighted by Gasteiger charge is 2.14. The molecule has 0 aliphatic carbocycles. The minimum absolute atomic E-state index is 0.000549. The highest BCUT2D eigenvalue weighted by molar-refractivity contribution is 6.04. The SMILES string of the molecule is CNc1nc(-c2cccc(NC(=O)c3ccccc3)c2)c2cc(O)c(OC)cc2n1. The Kier molecular flexibility index (Phi) is 5.17. The molecule has 1 aromatic heterocycles. The van der Waals surface area contributed by atoms with E-state index >= 15 is 0 Å². The molecular formula is C23H20N4O3. The number of rotatable bonds is 5. The van der Waals surface area contributed by atoms with Crippen LogP contribution in [0.3, 0.4) is 0 Å².